The first-order valence-corrected chi connectivity index (χ1v) is 12.6. The average molecular weight is 534 g/mol. The molecule has 5 rings (SSSR count). The van der Waals surface area contributed by atoms with Gasteiger partial charge < -0.3 is 15.8 Å². The highest BCUT2D eigenvalue weighted by atomic mass is 35.5. The van der Waals surface area contributed by atoms with E-state index in [0.717, 1.165) is 33.3 Å². The number of benzene rings is 3. The number of nitrogens with zero attached hydrogens (tertiary/aromatic N) is 1. The standard InChI is InChI=1S/C28H21Cl2N3O2S/c1-15-3-5-17(6-4-15)21-14-20(16-7-9-18(29)10-8-16)24-25(31)26(36-28(24)33-21)27(34)32-22-13-19(30)11-12-23(22)35-2/h3-14H,31H2,1-2H3,(H,32,34). The molecule has 8 heteroatoms. The minimum absolute atomic E-state index is 0.357. The van der Waals surface area contributed by atoms with Crippen molar-refractivity contribution in [3.8, 4) is 28.1 Å². The fourth-order valence-electron chi connectivity index (χ4n) is 3.98. The number of thiophene rings is 1. The number of nitrogens with two attached hydrogens (primary N) is 1. The van der Waals surface area contributed by atoms with Gasteiger partial charge in [-0.25, -0.2) is 4.98 Å². The van der Waals surface area contributed by atoms with Gasteiger partial charge in [-0.15, -0.1) is 11.3 Å². The predicted molar refractivity (Wildman–Crippen MR) is 151 cm³/mol. The topological polar surface area (TPSA) is 77.2 Å². The van der Waals surface area contributed by atoms with Crippen molar-refractivity contribution in [2.75, 3.05) is 18.2 Å². The van der Waals surface area contributed by atoms with E-state index in [1.54, 1.807) is 18.2 Å². The number of anilines is 2. The van der Waals surface area contributed by atoms with Gasteiger partial charge in [0.25, 0.3) is 5.91 Å². The summed E-state index contributed by atoms with van der Waals surface area (Å²) < 4.78 is 5.36. The maximum absolute atomic E-state index is 13.3. The first kappa shape index (κ1) is 24.1. The van der Waals surface area contributed by atoms with E-state index in [0.29, 0.717) is 36.9 Å². The van der Waals surface area contributed by atoms with E-state index in [4.69, 9.17) is 38.7 Å². The number of pyridine rings is 1. The lowest BCUT2D eigenvalue weighted by molar-refractivity contribution is 0.103. The van der Waals surface area contributed by atoms with Crippen molar-refractivity contribution in [3.63, 3.8) is 0 Å². The van der Waals surface area contributed by atoms with Crippen LogP contribution in [0.5, 0.6) is 5.75 Å². The van der Waals surface area contributed by atoms with Crippen LogP contribution in [0.2, 0.25) is 10.0 Å². The molecular weight excluding hydrogens is 513 g/mol. The van der Waals surface area contributed by atoms with Crippen LogP contribution in [0.3, 0.4) is 0 Å². The zero-order valence-corrected chi connectivity index (χ0v) is 21.8. The molecule has 1 amide bonds. The average Bonchev–Trinajstić information content (AvgIpc) is 3.21. The van der Waals surface area contributed by atoms with Crippen LogP contribution in [-0.2, 0) is 0 Å². The van der Waals surface area contributed by atoms with E-state index in [1.807, 2.05) is 61.5 Å². The Morgan fingerprint density at radius 1 is 0.944 bits per heavy atom. The molecule has 0 aliphatic rings. The van der Waals surface area contributed by atoms with Crippen LogP contribution in [0.25, 0.3) is 32.6 Å². The normalized spacial score (nSPS) is 11.0. The summed E-state index contributed by atoms with van der Waals surface area (Å²) in [4.78, 5) is 19.3. The maximum Gasteiger partial charge on any atom is 0.268 e. The number of carbonyl (C=O) groups is 1. The molecule has 180 valence electrons. The van der Waals surface area contributed by atoms with Crippen molar-refractivity contribution >= 4 is 62.0 Å². The minimum Gasteiger partial charge on any atom is -0.495 e. The van der Waals surface area contributed by atoms with Crippen molar-refractivity contribution in [2.45, 2.75) is 6.92 Å². The molecule has 0 saturated heterocycles. The quantitative estimate of drug-likeness (QED) is 0.239. The van der Waals surface area contributed by atoms with Crippen molar-refractivity contribution in [2.24, 2.45) is 0 Å². The molecule has 5 nitrogen and oxygen atoms in total. The number of halogens is 2. The van der Waals surface area contributed by atoms with Crippen LogP contribution in [-0.4, -0.2) is 18.0 Å². The Hall–Kier alpha value is -3.58. The minimum atomic E-state index is -0.366. The van der Waals surface area contributed by atoms with Crippen molar-refractivity contribution < 1.29 is 9.53 Å². The molecule has 0 aliphatic heterocycles. The molecule has 0 radical (unpaired) electrons. The Balaban J connectivity index is 1.66. The Kier molecular flexibility index (Phi) is 6.58. The van der Waals surface area contributed by atoms with E-state index in [2.05, 4.69) is 5.32 Å². The molecule has 3 aromatic carbocycles. The zero-order chi connectivity index (χ0) is 25.4. The number of ether oxygens (including phenoxy) is 1. The third-order valence-corrected chi connectivity index (χ3v) is 7.40. The number of hydrogen-bond donors (Lipinski definition) is 2. The van der Waals surface area contributed by atoms with Gasteiger partial charge in [0.1, 0.15) is 15.5 Å². The van der Waals surface area contributed by atoms with Crippen molar-refractivity contribution in [1.29, 1.82) is 0 Å². The summed E-state index contributed by atoms with van der Waals surface area (Å²) in [6, 6.07) is 22.7. The molecule has 0 fully saturated rings. The molecule has 2 heterocycles. The zero-order valence-electron chi connectivity index (χ0n) is 19.4. The van der Waals surface area contributed by atoms with Gasteiger partial charge in [0.2, 0.25) is 0 Å². The molecule has 0 atom stereocenters. The number of hydrogen-bond acceptors (Lipinski definition) is 5. The second kappa shape index (κ2) is 9.82. The summed E-state index contributed by atoms with van der Waals surface area (Å²) in [6.07, 6.45) is 0. The third kappa shape index (κ3) is 4.63. The number of rotatable bonds is 5. The molecule has 2 aromatic heterocycles. The predicted octanol–water partition coefficient (Wildman–Crippen LogP) is 8.09. The molecule has 36 heavy (non-hydrogen) atoms. The van der Waals surface area contributed by atoms with Gasteiger partial charge in [0.05, 0.1) is 24.2 Å². The second-order valence-electron chi connectivity index (χ2n) is 8.25. The lowest BCUT2D eigenvalue weighted by Gasteiger charge is -2.10. The van der Waals surface area contributed by atoms with Crippen LogP contribution in [0.15, 0.2) is 72.8 Å². The number of amides is 1. The summed E-state index contributed by atoms with van der Waals surface area (Å²) in [5.74, 6) is 0.129. The van der Waals surface area contributed by atoms with Crippen LogP contribution < -0.4 is 15.8 Å². The summed E-state index contributed by atoms with van der Waals surface area (Å²) in [5, 5.41) is 4.71. The number of carbonyl (C=O) groups excluding carboxylic acids is 1. The number of nitrogen functional groups attached to an aromatic ring is 1. The van der Waals surface area contributed by atoms with Gasteiger partial charge >= 0.3 is 0 Å². The Labute approximate surface area is 222 Å². The van der Waals surface area contributed by atoms with Gasteiger partial charge in [0.15, 0.2) is 0 Å². The summed E-state index contributed by atoms with van der Waals surface area (Å²) >= 11 is 13.5. The molecular formula is C28H21Cl2N3O2S. The lowest BCUT2D eigenvalue weighted by atomic mass is 9.99. The van der Waals surface area contributed by atoms with E-state index >= 15 is 0 Å². The first-order valence-electron chi connectivity index (χ1n) is 11.0. The summed E-state index contributed by atoms with van der Waals surface area (Å²) in [6.45, 7) is 2.04. The smallest absolute Gasteiger partial charge is 0.268 e. The number of aromatic nitrogens is 1. The lowest BCUT2D eigenvalue weighted by Crippen LogP contribution is -2.12. The largest absolute Gasteiger partial charge is 0.495 e. The van der Waals surface area contributed by atoms with E-state index < -0.39 is 0 Å². The van der Waals surface area contributed by atoms with E-state index in [9.17, 15) is 4.79 Å². The molecule has 0 aliphatic carbocycles. The van der Waals surface area contributed by atoms with E-state index in [1.165, 1.54) is 18.4 Å². The molecule has 0 unspecified atom stereocenters. The van der Waals surface area contributed by atoms with Gasteiger partial charge in [-0.2, -0.15) is 0 Å². The van der Waals surface area contributed by atoms with Crippen molar-refractivity contribution in [1.82, 2.24) is 4.98 Å². The van der Waals surface area contributed by atoms with Gasteiger partial charge in [-0.3, -0.25) is 4.79 Å². The third-order valence-electron chi connectivity index (χ3n) is 5.82. The highest BCUT2D eigenvalue weighted by Crippen LogP contribution is 2.42. The Morgan fingerprint density at radius 3 is 2.31 bits per heavy atom. The molecule has 0 saturated carbocycles. The molecule has 3 N–H and O–H groups in total. The summed E-state index contributed by atoms with van der Waals surface area (Å²) in [5.41, 5.74) is 12.1. The highest BCUT2D eigenvalue weighted by molar-refractivity contribution is 7.21. The molecule has 0 bridgehead atoms. The Bertz CT molecular complexity index is 1600. The number of methoxy groups -OCH3 is 1. The van der Waals surface area contributed by atoms with Crippen LogP contribution in [0.1, 0.15) is 15.2 Å². The number of nitrogens with one attached hydrogen (secondary N) is 1. The molecule has 5 aromatic rings. The SMILES string of the molecule is COc1ccc(Cl)cc1NC(=O)c1sc2nc(-c3ccc(C)cc3)cc(-c3ccc(Cl)cc3)c2c1N. The first-order chi connectivity index (χ1) is 17.3. The van der Waals surface area contributed by atoms with E-state index in [-0.39, 0.29) is 5.91 Å². The van der Waals surface area contributed by atoms with Crippen LogP contribution in [0.4, 0.5) is 11.4 Å². The van der Waals surface area contributed by atoms with Gasteiger partial charge in [-0.1, -0.05) is 65.2 Å². The number of aryl methyl sites for hydroxylation is 1. The monoisotopic (exact) mass is 533 g/mol. The number of fused-ring (bicyclic) bond motifs is 1. The van der Waals surface area contributed by atoms with Gasteiger partial charge in [0, 0.05) is 21.0 Å². The maximum atomic E-state index is 13.3. The van der Waals surface area contributed by atoms with Crippen LogP contribution in [0, 0.1) is 6.92 Å². The highest BCUT2D eigenvalue weighted by Gasteiger charge is 2.22. The second-order valence-corrected chi connectivity index (χ2v) is 10.1. The van der Waals surface area contributed by atoms with Crippen molar-refractivity contribution in [3.05, 3.63) is 93.3 Å². The Morgan fingerprint density at radius 2 is 1.61 bits per heavy atom. The van der Waals surface area contributed by atoms with Crippen LogP contribution >= 0.6 is 34.5 Å². The fourth-order valence-corrected chi connectivity index (χ4v) is 5.29. The molecule has 0 spiro atoms. The fraction of sp³-hybridized carbons (Fsp3) is 0.0714. The van der Waals surface area contributed by atoms with Gasteiger partial charge in [-0.05, 0) is 54.4 Å². The summed E-state index contributed by atoms with van der Waals surface area (Å²) in [7, 11) is 1.53.